The van der Waals surface area contributed by atoms with Crippen molar-refractivity contribution in [1.29, 1.82) is 0 Å². The van der Waals surface area contributed by atoms with Crippen molar-refractivity contribution >= 4 is 11.4 Å². The summed E-state index contributed by atoms with van der Waals surface area (Å²) < 4.78 is 0. The van der Waals surface area contributed by atoms with Crippen molar-refractivity contribution in [2.75, 3.05) is 17.2 Å². The van der Waals surface area contributed by atoms with Crippen molar-refractivity contribution in [3.8, 4) is 0 Å². The maximum absolute atomic E-state index is 5.80. The zero-order valence-corrected chi connectivity index (χ0v) is 12.4. The predicted octanol–water partition coefficient (Wildman–Crippen LogP) is 4.45. The summed E-state index contributed by atoms with van der Waals surface area (Å²) in [5.41, 5.74) is 8.00. The Balaban J connectivity index is 2.05. The Morgan fingerprint density at radius 1 is 1.05 bits per heavy atom. The van der Waals surface area contributed by atoms with Crippen LogP contribution in [0.5, 0.6) is 0 Å². The van der Waals surface area contributed by atoms with Crippen molar-refractivity contribution in [3.63, 3.8) is 0 Å². The minimum absolute atomic E-state index is 0.728. The topological polar surface area (TPSA) is 29.3 Å². The molecule has 0 aliphatic heterocycles. The van der Waals surface area contributed by atoms with E-state index in [1.165, 1.54) is 44.2 Å². The molecule has 1 aromatic rings. The van der Waals surface area contributed by atoms with Crippen LogP contribution >= 0.6 is 0 Å². The summed E-state index contributed by atoms with van der Waals surface area (Å²) in [6.45, 7) is 5.75. The van der Waals surface area contributed by atoms with E-state index in [1.807, 2.05) is 12.1 Å². The van der Waals surface area contributed by atoms with E-state index in [0.717, 1.165) is 24.2 Å². The molecule has 0 saturated heterocycles. The minimum Gasteiger partial charge on any atom is -0.399 e. The Labute approximate surface area is 118 Å². The molecular formula is C17H28N2. The molecule has 0 atom stereocenters. The van der Waals surface area contributed by atoms with Crippen LogP contribution in [0.4, 0.5) is 11.4 Å². The number of nitrogens with zero attached hydrogens (tertiary/aromatic N) is 1. The van der Waals surface area contributed by atoms with Gasteiger partial charge in [-0.3, -0.25) is 0 Å². The fourth-order valence-corrected chi connectivity index (χ4v) is 3.29. The second-order valence-corrected chi connectivity index (χ2v) is 5.87. The fraction of sp³-hybridized carbons (Fsp3) is 0.647. The second kappa shape index (κ2) is 6.83. The third-order valence-corrected chi connectivity index (χ3v) is 4.52. The van der Waals surface area contributed by atoms with Gasteiger partial charge in [-0.05, 0) is 62.3 Å². The maximum Gasteiger partial charge on any atom is 0.0370 e. The average Bonchev–Trinajstić information content (AvgIpc) is 2.46. The van der Waals surface area contributed by atoms with Gasteiger partial charge in [-0.2, -0.15) is 0 Å². The number of nitrogens with two attached hydrogens (primary N) is 1. The molecule has 1 aliphatic carbocycles. The van der Waals surface area contributed by atoms with Crippen LogP contribution in [0.2, 0.25) is 0 Å². The van der Waals surface area contributed by atoms with Crippen LogP contribution < -0.4 is 10.6 Å². The zero-order chi connectivity index (χ0) is 13.7. The van der Waals surface area contributed by atoms with Gasteiger partial charge < -0.3 is 10.6 Å². The maximum atomic E-state index is 5.80. The highest BCUT2D eigenvalue weighted by molar-refractivity contribution is 5.53. The van der Waals surface area contributed by atoms with E-state index in [9.17, 15) is 0 Å². The first kappa shape index (κ1) is 14.2. The first-order chi connectivity index (χ1) is 9.24. The molecule has 1 fully saturated rings. The SMILES string of the molecule is CCCN(c1ccc(N)cc1)C1CCC(CC)CC1. The van der Waals surface area contributed by atoms with Crippen LogP contribution in [0, 0.1) is 5.92 Å². The number of hydrogen-bond acceptors (Lipinski definition) is 2. The molecule has 106 valence electrons. The number of hydrogen-bond donors (Lipinski definition) is 1. The van der Waals surface area contributed by atoms with Crippen LogP contribution in [0.1, 0.15) is 52.4 Å². The van der Waals surface area contributed by atoms with Gasteiger partial charge >= 0.3 is 0 Å². The summed E-state index contributed by atoms with van der Waals surface area (Å²) in [5.74, 6) is 0.964. The number of anilines is 2. The molecule has 0 unspecified atom stereocenters. The lowest BCUT2D eigenvalue weighted by atomic mass is 9.83. The summed E-state index contributed by atoms with van der Waals surface area (Å²) in [7, 11) is 0. The summed E-state index contributed by atoms with van der Waals surface area (Å²) in [5, 5.41) is 0. The summed E-state index contributed by atoms with van der Waals surface area (Å²) in [6, 6.07) is 9.13. The fourth-order valence-electron chi connectivity index (χ4n) is 3.29. The molecule has 0 aromatic heterocycles. The highest BCUT2D eigenvalue weighted by atomic mass is 15.2. The molecular weight excluding hydrogens is 232 g/mol. The minimum atomic E-state index is 0.728. The Hall–Kier alpha value is -1.18. The molecule has 2 heteroatoms. The van der Waals surface area contributed by atoms with Crippen molar-refractivity contribution in [3.05, 3.63) is 24.3 Å². The molecule has 1 aromatic carbocycles. The molecule has 0 bridgehead atoms. The van der Waals surface area contributed by atoms with E-state index in [2.05, 4.69) is 30.9 Å². The molecule has 0 spiro atoms. The zero-order valence-electron chi connectivity index (χ0n) is 12.4. The van der Waals surface area contributed by atoms with Crippen LogP contribution in [-0.4, -0.2) is 12.6 Å². The summed E-state index contributed by atoms with van der Waals surface area (Å²) in [6.07, 6.45) is 8.05. The van der Waals surface area contributed by atoms with Crippen molar-refractivity contribution < 1.29 is 0 Å². The molecule has 19 heavy (non-hydrogen) atoms. The third-order valence-electron chi connectivity index (χ3n) is 4.52. The Bertz CT molecular complexity index is 363. The molecule has 1 saturated carbocycles. The normalized spacial score (nSPS) is 23.3. The standard InChI is InChI=1S/C17H28N2/c1-3-13-19(17-11-7-15(18)8-12-17)16-9-5-14(4-2)6-10-16/h7-8,11-12,14,16H,3-6,9-10,13,18H2,1-2H3. The lowest BCUT2D eigenvalue weighted by Crippen LogP contribution is -2.38. The van der Waals surface area contributed by atoms with Gasteiger partial charge in [0.05, 0.1) is 0 Å². The molecule has 2 nitrogen and oxygen atoms in total. The van der Waals surface area contributed by atoms with Crippen LogP contribution in [0.3, 0.4) is 0 Å². The highest BCUT2D eigenvalue weighted by Crippen LogP contribution is 2.32. The van der Waals surface area contributed by atoms with Crippen LogP contribution in [0.25, 0.3) is 0 Å². The lowest BCUT2D eigenvalue weighted by Gasteiger charge is -2.38. The van der Waals surface area contributed by atoms with Gasteiger partial charge in [0.25, 0.3) is 0 Å². The van der Waals surface area contributed by atoms with E-state index in [4.69, 9.17) is 5.73 Å². The average molecular weight is 260 g/mol. The van der Waals surface area contributed by atoms with Gasteiger partial charge in [-0.1, -0.05) is 20.3 Å². The Kier molecular flexibility index (Phi) is 5.12. The largest absolute Gasteiger partial charge is 0.399 e. The van der Waals surface area contributed by atoms with Crippen molar-refractivity contribution in [2.24, 2.45) is 5.92 Å². The van der Waals surface area contributed by atoms with Gasteiger partial charge in [0.1, 0.15) is 0 Å². The van der Waals surface area contributed by atoms with Gasteiger partial charge in [0.2, 0.25) is 0 Å². The summed E-state index contributed by atoms with van der Waals surface area (Å²) in [4.78, 5) is 2.60. The lowest BCUT2D eigenvalue weighted by molar-refractivity contribution is 0.308. The second-order valence-electron chi connectivity index (χ2n) is 5.87. The molecule has 2 N–H and O–H groups in total. The smallest absolute Gasteiger partial charge is 0.0370 e. The molecule has 0 amide bonds. The predicted molar refractivity (Wildman–Crippen MR) is 84.5 cm³/mol. The van der Waals surface area contributed by atoms with E-state index in [-0.39, 0.29) is 0 Å². The van der Waals surface area contributed by atoms with Crippen LogP contribution in [-0.2, 0) is 0 Å². The Morgan fingerprint density at radius 2 is 1.68 bits per heavy atom. The van der Waals surface area contributed by atoms with E-state index in [1.54, 1.807) is 0 Å². The van der Waals surface area contributed by atoms with Gasteiger partial charge in [0.15, 0.2) is 0 Å². The van der Waals surface area contributed by atoms with E-state index in [0.29, 0.717) is 0 Å². The number of benzene rings is 1. The van der Waals surface area contributed by atoms with Gasteiger partial charge in [-0.15, -0.1) is 0 Å². The van der Waals surface area contributed by atoms with Crippen molar-refractivity contribution in [1.82, 2.24) is 0 Å². The van der Waals surface area contributed by atoms with Gasteiger partial charge in [0, 0.05) is 24.0 Å². The highest BCUT2D eigenvalue weighted by Gasteiger charge is 2.24. The van der Waals surface area contributed by atoms with Crippen molar-refractivity contribution in [2.45, 2.75) is 58.4 Å². The van der Waals surface area contributed by atoms with E-state index < -0.39 is 0 Å². The third kappa shape index (κ3) is 3.65. The molecule has 2 rings (SSSR count). The van der Waals surface area contributed by atoms with Gasteiger partial charge in [-0.25, -0.2) is 0 Å². The molecule has 0 radical (unpaired) electrons. The van der Waals surface area contributed by atoms with Crippen LogP contribution in [0.15, 0.2) is 24.3 Å². The first-order valence-electron chi connectivity index (χ1n) is 7.86. The first-order valence-corrected chi connectivity index (χ1v) is 7.86. The Morgan fingerprint density at radius 3 is 2.21 bits per heavy atom. The molecule has 0 heterocycles. The number of rotatable bonds is 5. The number of nitrogen functional groups attached to an aromatic ring is 1. The monoisotopic (exact) mass is 260 g/mol. The summed E-state index contributed by atoms with van der Waals surface area (Å²) >= 11 is 0. The molecule has 1 aliphatic rings. The quantitative estimate of drug-likeness (QED) is 0.792. The van der Waals surface area contributed by atoms with E-state index >= 15 is 0 Å².